The van der Waals surface area contributed by atoms with E-state index in [0.717, 1.165) is 18.0 Å². The summed E-state index contributed by atoms with van der Waals surface area (Å²) < 4.78 is 5.25. The summed E-state index contributed by atoms with van der Waals surface area (Å²) in [4.78, 5) is 18.7. The summed E-state index contributed by atoms with van der Waals surface area (Å²) in [5.74, 6) is 0.915. The lowest BCUT2D eigenvalue weighted by Gasteiger charge is -2.24. The first-order valence-corrected chi connectivity index (χ1v) is 10.6. The van der Waals surface area contributed by atoms with Crippen molar-refractivity contribution in [1.82, 2.24) is 0 Å². The van der Waals surface area contributed by atoms with E-state index in [1.807, 2.05) is 40.6 Å². The van der Waals surface area contributed by atoms with Crippen LogP contribution in [0.1, 0.15) is 15.3 Å². The summed E-state index contributed by atoms with van der Waals surface area (Å²) in [6.07, 6.45) is 0. The van der Waals surface area contributed by atoms with Gasteiger partial charge in [-0.05, 0) is 59.6 Å². The Balaban J connectivity index is 1.74. The predicted octanol–water partition coefficient (Wildman–Crippen LogP) is 3.37. The lowest BCUT2D eigenvalue weighted by Crippen LogP contribution is -3.08. The Morgan fingerprint density at radius 2 is 1.89 bits per heavy atom. The second kappa shape index (κ2) is 9.17. The molecule has 1 unspecified atom stereocenters. The fourth-order valence-corrected chi connectivity index (χ4v) is 4.63. The van der Waals surface area contributed by atoms with Gasteiger partial charge in [0.1, 0.15) is 12.3 Å². The van der Waals surface area contributed by atoms with Gasteiger partial charge in [-0.15, -0.1) is 22.7 Å². The predicted molar refractivity (Wildman–Crippen MR) is 113 cm³/mol. The number of benzene rings is 1. The number of rotatable bonds is 8. The van der Waals surface area contributed by atoms with Crippen molar-refractivity contribution in [3.8, 4) is 5.75 Å². The molecule has 0 fully saturated rings. The number of nitrogens with zero attached hydrogens (tertiary/aromatic N) is 1. The molecule has 0 aliphatic heterocycles. The summed E-state index contributed by atoms with van der Waals surface area (Å²) in [5, 5.41) is 4.16. The molecule has 3 aromatic rings. The maximum absolute atomic E-state index is 13.1. The highest BCUT2D eigenvalue weighted by molar-refractivity contribution is 7.10. The van der Waals surface area contributed by atoms with Crippen molar-refractivity contribution in [2.45, 2.75) is 20.0 Å². The van der Waals surface area contributed by atoms with Crippen LogP contribution in [0.25, 0.3) is 0 Å². The summed E-state index contributed by atoms with van der Waals surface area (Å²) in [6.45, 7) is 4.04. The number of thiophene rings is 2. The van der Waals surface area contributed by atoms with Crippen LogP contribution in [-0.4, -0.2) is 26.6 Å². The second-order valence-electron chi connectivity index (χ2n) is 6.59. The van der Waals surface area contributed by atoms with Crippen LogP contribution in [0.4, 0.5) is 5.69 Å². The number of quaternary nitrogens is 1. The Morgan fingerprint density at radius 1 is 1.11 bits per heavy atom. The topological polar surface area (TPSA) is 34.0 Å². The number of hydrogen-bond donors (Lipinski definition) is 1. The van der Waals surface area contributed by atoms with Gasteiger partial charge < -0.3 is 14.5 Å². The van der Waals surface area contributed by atoms with Gasteiger partial charge in [-0.3, -0.25) is 4.79 Å². The lowest BCUT2D eigenvalue weighted by molar-refractivity contribution is -0.885. The van der Waals surface area contributed by atoms with Crippen LogP contribution in [-0.2, 0) is 17.9 Å². The Hall–Kier alpha value is -2.15. The van der Waals surface area contributed by atoms with Gasteiger partial charge in [-0.25, -0.2) is 0 Å². The SMILES string of the molecule is COc1ccc(N(Cc2cccs2)C(=O)C[NH+](C)Cc2sccc2C)cc1. The molecule has 2 heterocycles. The highest BCUT2D eigenvalue weighted by Gasteiger charge is 2.21. The number of methoxy groups -OCH3 is 1. The van der Waals surface area contributed by atoms with Gasteiger partial charge in [0.15, 0.2) is 6.54 Å². The molecule has 4 nitrogen and oxygen atoms in total. The van der Waals surface area contributed by atoms with Crippen LogP contribution in [0.15, 0.2) is 53.2 Å². The van der Waals surface area contributed by atoms with E-state index < -0.39 is 0 Å². The first-order chi connectivity index (χ1) is 13.1. The van der Waals surface area contributed by atoms with E-state index in [4.69, 9.17) is 4.74 Å². The molecular formula is C21H25N2O2S2+. The summed E-state index contributed by atoms with van der Waals surface area (Å²) in [6, 6.07) is 13.9. The molecule has 1 N–H and O–H groups in total. The molecule has 2 aromatic heterocycles. The van der Waals surface area contributed by atoms with Crippen molar-refractivity contribution in [2.75, 3.05) is 25.6 Å². The van der Waals surface area contributed by atoms with Crippen molar-refractivity contribution in [1.29, 1.82) is 0 Å². The van der Waals surface area contributed by atoms with E-state index in [1.54, 1.807) is 29.8 Å². The quantitative estimate of drug-likeness (QED) is 0.628. The van der Waals surface area contributed by atoms with Crippen LogP contribution in [0.5, 0.6) is 5.75 Å². The van der Waals surface area contributed by atoms with Crippen LogP contribution < -0.4 is 14.5 Å². The number of carbonyl (C=O) groups excluding carboxylic acids is 1. The van der Waals surface area contributed by atoms with E-state index in [1.165, 1.54) is 20.2 Å². The van der Waals surface area contributed by atoms with Crippen molar-refractivity contribution in [3.63, 3.8) is 0 Å². The van der Waals surface area contributed by atoms with Gasteiger partial charge in [0.05, 0.1) is 25.6 Å². The molecule has 0 aliphatic carbocycles. The summed E-state index contributed by atoms with van der Waals surface area (Å²) >= 11 is 3.43. The maximum atomic E-state index is 13.1. The number of amides is 1. The van der Waals surface area contributed by atoms with E-state index in [9.17, 15) is 4.79 Å². The molecule has 0 radical (unpaired) electrons. The molecular weight excluding hydrogens is 376 g/mol. The van der Waals surface area contributed by atoms with E-state index in [-0.39, 0.29) is 5.91 Å². The number of anilines is 1. The smallest absolute Gasteiger partial charge is 0.282 e. The maximum Gasteiger partial charge on any atom is 0.282 e. The monoisotopic (exact) mass is 401 g/mol. The highest BCUT2D eigenvalue weighted by atomic mass is 32.1. The largest absolute Gasteiger partial charge is 0.497 e. The fraction of sp³-hybridized carbons (Fsp3) is 0.286. The number of ether oxygens (including phenoxy) is 1. The van der Waals surface area contributed by atoms with E-state index in [0.29, 0.717) is 13.1 Å². The van der Waals surface area contributed by atoms with Crippen molar-refractivity contribution in [2.24, 2.45) is 0 Å². The van der Waals surface area contributed by atoms with Gasteiger partial charge in [0.25, 0.3) is 5.91 Å². The minimum atomic E-state index is 0.125. The molecule has 6 heteroatoms. The Bertz CT molecular complexity index is 857. The molecule has 1 amide bonds. The number of carbonyl (C=O) groups is 1. The number of nitrogens with one attached hydrogen (secondary N) is 1. The van der Waals surface area contributed by atoms with Crippen molar-refractivity contribution in [3.05, 3.63) is 68.5 Å². The average molecular weight is 402 g/mol. The summed E-state index contributed by atoms with van der Waals surface area (Å²) in [5.41, 5.74) is 2.20. The van der Waals surface area contributed by atoms with Crippen molar-refractivity contribution >= 4 is 34.3 Å². The molecule has 3 rings (SSSR count). The van der Waals surface area contributed by atoms with E-state index in [2.05, 4.69) is 31.5 Å². The third-order valence-electron chi connectivity index (χ3n) is 4.46. The standard InChI is InChI=1S/C21H24N2O2S2/c1-16-10-12-27-20(16)14-22(2)15-21(24)23(13-19-5-4-11-26-19)17-6-8-18(25-3)9-7-17/h4-12H,13-15H2,1-3H3/p+1. The molecule has 1 atom stereocenters. The zero-order valence-corrected chi connectivity index (χ0v) is 17.5. The molecule has 1 aromatic carbocycles. The van der Waals surface area contributed by atoms with Crippen LogP contribution in [0.2, 0.25) is 0 Å². The summed E-state index contributed by atoms with van der Waals surface area (Å²) in [7, 11) is 3.73. The third-order valence-corrected chi connectivity index (χ3v) is 6.35. The molecule has 27 heavy (non-hydrogen) atoms. The van der Waals surface area contributed by atoms with Crippen LogP contribution in [0.3, 0.4) is 0 Å². The lowest BCUT2D eigenvalue weighted by atomic mass is 10.2. The minimum Gasteiger partial charge on any atom is -0.497 e. The third kappa shape index (κ3) is 5.19. The van der Waals surface area contributed by atoms with Crippen LogP contribution >= 0.6 is 22.7 Å². The highest BCUT2D eigenvalue weighted by Crippen LogP contribution is 2.22. The Labute approximate surface area is 168 Å². The second-order valence-corrected chi connectivity index (χ2v) is 8.63. The fourth-order valence-electron chi connectivity index (χ4n) is 2.92. The zero-order valence-electron chi connectivity index (χ0n) is 15.9. The molecule has 0 spiro atoms. The van der Waals surface area contributed by atoms with Crippen LogP contribution in [0, 0.1) is 6.92 Å². The molecule has 142 valence electrons. The van der Waals surface area contributed by atoms with Gasteiger partial charge in [0.2, 0.25) is 0 Å². The zero-order chi connectivity index (χ0) is 19.2. The van der Waals surface area contributed by atoms with E-state index >= 15 is 0 Å². The number of hydrogen-bond acceptors (Lipinski definition) is 4. The molecule has 0 aliphatic rings. The van der Waals surface area contributed by atoms with Gasteiger partial charge >= 0.3 is 0 Å². The van der Waals surface area contributed by atoms with Crippen molar-refractivity contribution < 1.29 is 14.4 Å². The number of aryl methyl sites for hydroxylation is 1. The average Bonchev–Trinajstić information content (AvgIpc) is 3.32. The number of likely N-dealkylation sites (N-methyl/N-ethyl adjacent to an activating group) is 1. The molecule has 0 bridgehead atoms. The van der Waals surface area contributed by atoms with Gasteiger partial charge in [0, 0.05) is 10.6 Å². The molecule has 0 saturated carbocycles. The Morgan fingerprint density at radius 3 is 2.48 bits per heavy atom. The molecule has 0 saturated heterocycles. The van der Waals surface area contributed by atoms with Gasteiger partial charge in [-0.2, -0.15) is 0 Å². The first kappa shape index (κ1) is 19.6. The van der Waals surface area contributed by atoms with Gasteiger partial charge in [-0.1, -0.05) is 6.07 Å². The first-order valence-electron chi connectivity index (χ1n) is 8.88. The Kier molecular flexibility index (Phi) is 6.66. The normalized spacial score (nSPS) is 12.0. The minimum absolute atomic E-state index is 0.125.